The number of carbonyl (C=O) groups is 1. The number of benzene rings is 4. The molecule has 0 saturated heterocycles. The number of H-pyrrole nitrogens is 1. The molecule has 2 heterocycles. The van der Waals surface area contributed by atoms with Crippen LogP contribution in [0.2, 0.25) is 5.02 Å². The van der Waals surface area contributed by atoms with Crippen molar-refractivity contribution in [1.29, 1.82) is 0 Å². The summed E-state index contributed by atoms with van der Waals surface area (Å²) < 4.78 is 6.09. The fraction of sp³-hybridized carbons (Fsp3) is 0.0968. The number of hydrazone groups is 1. The van der Waals surface area contributed by atoms with Crippen molar-refractivity contribution in [3.05, 3.63) is 130 Å². The number of nitrogens with zero attached hydrogens (tertiary/aromatic N) is 6. The number of aliphatic imine (C=N–C) groups is 1. The summed E-state index contributed by atoms with van der Waals surface area (Å²) in [5, 5.41) is 21.2. The molecule has 208 valence electrons. The number of guanidine groups is 1. The number of hydrogen-bond acceptors (Lipinski definition) is 6. The van der Waals surface area contributed by atoms with Gasteiger partial charge in [-0.3, -0.25) is 4.79 Å². The molecular formula is C31H25ClN8O2. The minimum atomic E-state index is -0.466. The fourth-order valence-electron chi connectivity index (χ4n) is 4.69. The van der Waals surface area contributed by atoms with E-state index in [9.17, 15) is 4.79 Å². The summed E-state index contributed by atoms with van der Waals surface area (Å²) in [7, 11) is 0. The Kier molecular flexibility index (Phi) is 7.69. The van der Waals surface area contributed by atoms with Crippen molar-refractivity contribution in [1.82, 2.24) is 25.6 Å². The Hall–Kier alpha value is -5.35. The number of nitrogens with two attached hydrogens (primary N) is 1. The second-order valence-corrected chi connectivity index (χ2v) is 9.95. The zero-order chi connectivity index (χ0) is 28.9. The summed E-state index contributed by atoms with van der Waals surface area (Å²) in [5.41, 5.74) is 11.3. The molecule has 0 fully saturated rings. The number of carbonyl (C=O) groups excluding carboxylic acids is 1. The van der Waals surface area contributed by atoms with Crippen LogP contribution in [0.4, 0.5) is 0 Å². The molecule has 0 aliphatic carbocycles. The molecule has 1 aliphatic rings. The average molecular weight is 577 g/mol. The van der Waals surface area contributed by atoms with Crippen molar-refractivity contribution in [3.63, 3.8) is 0 Å². The number of ether oxygens (including phenoxy) is 1. The summed E-state index contributed by atoms with van der Waals surface area (Å²) in [6.45, 7) is 0.772. The second-order valence-electron chi connectivity index (χ2n) is 9.52. The van der Waals surface area contributed by atoms with E-state index in [1.165, 1.54) is 0 Å². The summed E-state index contributed by atoms with van der Waals surface area (Å²) >= 11 is 5.94. The maximum absolute atomic E-state index is 12.7. The number of amides is 1. The van der Waals surface area contributed by atoms with Crippen LogP contribution in [0.25, 0.3) is 11.4 Å². The topological polar surface area (TPSA) is 135 Å². The van der Waals surface area contributed by atoms with Crippen molar-refractivity contribution in [2.24, 2.45) is 15.8 Å². The monoisotopic (exact) mass is 576 g/mol. The Labute approximate surface area is 246 Å². The van der Waals surface area contributed by atoms with Crippen molar-refractivity contribution in [2.75, 3.05) is 6.54 Å². The number of rotatable bonds is 7. The highest BCUT2D eigenvalue weighted by Crippen LogP contribution is 2.30. The van der Waals surface area contributed by atoms with E-state index in [1.54, 1.807) is 29.3 Å². The maximum atomic E-state index is 12.7. The van der Waals surface area contributed by atoms with Crippen LogP contribution < -0.4 is 10.5 Å². The standard InChI is InChI=1S/C31H25ClN8O2/c32-24-14-10-22(11-15-24)30(41)34-31(33)40-18-27(20-6-2-1-3-7-20)28(37-40)21-12-16-25(17-13-21)42-19-23-8-4-5-9-26(23)29-35-38-39-36-29/h1-17,27H,18-19H2,(H2,33,34,41)(H,35,36,38,39). The molecule has 0 radical (unpaired) electrons. The van der Waals surface area contributed by atoms with Gasteiger partial charge in [-0.1, -0.05) is 66.2 Å². The SMILES string of the molecule is NC(=NC(=O)c1ccc(Cl)cc1)N1CC(c2ccccc2)C(c2ccc(OCc3ccccc3-c3nn[nH]n3)cc2)=N1. The van der Waals surface area contributed by atoms with Crippen LogP contribution >= 0.6 is 11.6 Å². The molecule has 0 bridgehead atoms. The van der Waals surface area contributed by atoms with Gasteiger partial charge >= 0.3 is 0 Å². The van der Waals surface area contributed by atoms with Gasteiger partial charge in [-0.2, -0.15) is 15.3 Å². The first-order valence-electron chi connectivity index (χ1n) is 13.1. The molecule has 5 aromatic rings. The van der Waals surface area contributed by atoms with Gasteiger partial charge in [0.15, 0.2) is 0 Å². The molecule has 10 nitrogen and oxygen atoms in total. The van der Waals surface area contributed by atoms with E-state index in [4.69, 9.17) is 27.2 Å². The highest BCUT2D eigenvalue weighted by molar-refractivity contribution is 6.30. The third kappa shape index (κ3) is 5.89. The van der Waals surface area contributed by atoms with Crippen LogP contribution in [0.5, 0.6) is 5.75 Å². The molecule has 6 rings (SSSR count). The Morgan fingerprint density at radius 3 is 2.45 bits per heavy atom. The smallest absolute Gasteiger partial charge is 0.280 e. The lowest BCUT2D eigenvalue weighted by atomic mass is 9.90. The Bertz CT molecular complexity index is 1740. The summed E-state index contributed by atoms with van der Waals surface area (Å²) in [6, 6.07) is 32.0. The third-order valence-corrected chi connectivity index (χ3v) is 7.09. The molecule has 3 N–H and O–H groups in total. The zero-order valence-electron chi connectivity index (χ0n) is 22.3. The highest BCUT2D eigenvalue weighted by atomic mass is 35.5. The van der Waals surface area contributed by atoms with Gasteiger partial charge in [0.05, 0.1) is 12.3 Å². The lowest BCUT2D eigenvalue weighted by molar-refractivity contribution is 0.100. The molecule has 0 saturated carbocycles. The van der Waals surface area contributed by atoms with Crippen LogP contribution in [0.3, 0.4) is 0 Å². The highest BCUT2D eigenvalue weighted by Gasteiger charge is 2.31. The van der Waals surface area contributed by atoms with Crippen LogP contribution in [-0.2, 0) is 6.61 Å². The van der Waals surface area contributed by atoms with E-state index in [-0.39, 0.29) is 11.9 Å². The van der Waals surface area contributed by atoms with Crippen LogP contribution in [0.1, 0.15) is 33.0 Å². The maximum Gasteiger partial charge on any atom is 0.280 e. The average Bonchev–Trinajstić information content (AvgIpc) is 3.73. The number of halogens is 1. The molecule has 1 aliphatic heterocycles. The molecule has 42 heavy (non-hydrogen) atoms. The fourth-order valence-corrected chi connectivity index (χ4v) is 4.82. The molecule has 1 unspecified atom stereocenters. The van der Waals surface area contributed by atoms with Crippen molar-refractivity contribution < 1.29 is 9.53 Å². The van der Waals surface area contributed by atoms with E-state index >= 15 is 0 Å². The van der Waals surface area contributed by atoms with Crippen LogP contribution in [0, 0.1) is 0 Å². The number of aromatic amines is 1. The molecule has 1 aromatic heterocycles. The summed E-state index contributed by atoms with van der Waals surface area (Å²) in [4.78, 5) is 16.8. The second kappa shape index (κ2) is 12.0. The largest absolute Gasteiger partial charge is 0.489 e. The van der Waals surface area contributed by atoms with E-state index in [0.29, 0.717) is 35.3 Å². The quantitative estimate of drug-likeness (QED) is 0.204. The van der Waals surface area contributed by atoms with Gasteiger partial charge in [-0.25, -0.2) is 5.01 Å². The van der Waals surface area contributed by atoms with Gasteiger partial charge in [-0.05, 0) is 64.9 Å². The van der Waals surface area contributed by atoms with Gasteiger partial charge < -0.3 is 10.5 Å². The lowest BCUT2D eigenvalue weighted by Crippen LogP contribution is -2.33. The normalized spacial score (nSPS) is 15.0. The lowest BCUT2D eigenvalue weighted by Gasteiger charge is -2.15. The molecule has 1 amide bonds. The van der Waals surface area contributed by atoms with E-state index in [2.05, 4.69) is 37.7 Å². The third-order valence-electron chi connectivity index (χ3n) is 6.84. The van der Waals surface area contributed by atoms with Crippen LogP contribution in [0.15, 0.2) is 113 Å². The van der Waals surface area contributed by atoms with E-state index in [0.717, 1.165) is 28.0 Å². The van der Waals surface area contributed by atoms with Crippen molar-refractivity contribution in [3.8, 4) is 17.1 Å². The predicted octanol–water partition coefficient (Wildman–Crippen LogP) is 5.06. The minimum Gasteiger partial charge on any atom is -0.489 e. The number of aromatic nitrogens is 4. The van der Waals surface area contributed by atoms with Crippen molar-refractivity contribution in [2.45, 2.75) is 12.5 Å². The van der Waals surface area contributed by atoms with E-state index < -0.39 is 5.91 Å². The van der Waals surface area contributed by atoms with E-state index in [1.807, 2.05) is 66.7 Å². The number of tetrazole rings is 1. The minimum absolute atomic E-state index is 0.0195. The molecule has 0 spiro atoms. The molecule has 1 atom stereocenters. The Morgan fingerprint density at radius 2 is 1.71 bits per heavy atom. The summed E-state index contributed by atoms with van der Waals surface area (Å²) in [5.74, 6) is 0.678. The first kappa shape index (κ1) is 26.9. The zero-order valence-corrected chi connectivity index (χ0v) is 23.0. The van der Waals surface area contributed by atoms with Gasteiger partial charge in [0.2, 0.25) is 11.8 Å². The molecule has 4 aromatic carbocycles. The molecule has 11 heteroatoms. The van der Waals surface area contributed by atoms with Gasteiger partial charge in [0.1, 0.15) is 12.4 Å². The van der Waals surface area contributed by atoms with Gasteiger partial charge in [0.25, 0.3) is 5.91 Å². The predicted molar refractivity (Wildman–Crippen MR) is 160 cm³/mol. The first-order valence-corrected chi connectivity index (χ1v) is 13.5. The first-order chi connectivity index (χ1) is 20.5. The van der Waals surface area contributed by atoms with Crippen LogP contribution in [-0.4, -0.2) is 49.8 Å². The molecular weight excluding hydrogens is 552 g/mol. The summed E-state index contributed by atoms with van der Waals surface area (Å²) in [6.07, 6.45) is 0. The van der Waals surface area contributed by atoms with Crippen molar-refractivity contribution >= 4 is 29.2 Å². The Balaban J connectivity index is 1.22. The number of nitrogens with one attached hydrogen (secondary N) is 1. The van der Waals surface area contributed by atoms with Gasteiger partial charge in [0, 0.05) is 27.6 Å². The Morgan fingerprint density at radius 1 is 0.976 bits per heavy atom. The number of hydrogen-bond donors (Lipinski definition) is 2. The van der Waals surface area contributed by atoms with Gasteiger partial charge in [-0.15, -0.1) is 10.2 Å².